The van der Waals surface area contributed by atoms with Crippen molar-refractivity contribution in [1.29, 1.82) is 0 Å². The van der Waals surface area contributed by atoms with Crippen molar-refractivity contribution in [2.75, 3.05) is 36.4 Å². The summed E-state index contributed by atoms with van der Waals surface area (Å²) >= 11 is 5.31. The minimum absolute atomic E-state index is 0.0821. The number of nitrogens with zero attached hydrogens (tertiary/aromatic N) is 2. The molecule has 38 heavy (non-hydrogen) atoms. The molecule has 1 aliphatic heterocycles. The molecule has 2 amide bonds. The Morgan fingerprint density at radius 1 is 0.868 bits per heavy atom. The fourth-order valence-corrected chi connectivity index (χ4v) is 4.50. The number of thiocarbonyl (C=S) groups is 1. The van der Waals surface area contributed by atoms with Gasteiger partial charge in [-0.15, -0.1) is 0 Å². The lowest BCUT2D eigenvalue weighted by molar-refractivity contribution is -0.115. The van der Waals surface area contributed by atoms with Crippen LogP contribution in [-0.2, 0) is 4.79 Å². The zero-order chi connectivity index (χ0) is 27.1. The first-order valence-electron chi connectivity index (χ1n) is 12.9. The molecule has 3 aromatic rings. The topological polar surface area (TPSA) is 64.7 Å². The summed E-state index contributed by atoms with van der Waals surface area (Å²) in [5.41, 5.74) is 5.98. The quantitative estimate of drug-likeness (QED) is 0.323. The van der Waals surface area contributed by atoms with Gasteiger partial charge in [-0.25, -0.2) is 0 Å². The second-order valence-corrected chi connectivity index (χ2v) is 10.2. The van der Waals surface area contributed by atoms with E-state index >= 15 is 0 Å². The molecule has 0 aliphatic carbocycles. The largest absolute Gasteiger partial charge is 0.368 e. The van der Waals surface area contributed by atoms with E-state index in [1.54, 1.807) is 6.08 Å². The Morgan fingerprint density at radius 2 is 1.50 bits per heavy atom. The number of nitrogens with one attached hydrogen (secondary N) is 2. The van der Waals surface area contributed by atoms with Gasteiger partial charge in [-0.1, -0.05) is 55.8 Å². The Labute approximate surface area is 230 Å². The van der Waals surface area contributed by atoms with Gasteiger partial charge >= 0.3 is 0 Å². The SMILES string of the molecule is Cc1ccc(C(=O)N2CCN(c3ccc(NC(=S)NC(=O)/C=C/c4ccc(C(C)C)cc4)cc3)CC2)cc1. The van der Waals surface area contributed by atoms with Gasteiger partial charge in [-0.05, 0) is 78.7 Å². The summed E-state index contributed by atoms with van der Waals surface area (Å²) in [4.78, 5) is 29.2. The molecule has 0 bridgehead atoms. The fourth-order valence-electron chi connectivity index (χ4n) is 4.28. The van der Waals surface area contributed by atoms with Crippen LogP contribution >= 0.6 is 12.2 Å². The Balaban J connectivity index is 1.23. The summed E-state index contributed by atoms with van der Waals surface area (Å²) in [6, 6.07) is 23.8. The third kappa shape index (κ3) is 7.29. The van der Waals surface area contributed by atoms with Gasteiger partial charge in [0.2, 0.25) is 5.91 Å². The number of rotatable bonds is 6. The first kappa shape index (κ1) is 27.1. The molecular formula is C31H34N4O2S. The smallest absolute Gasteiger partial charge is 0.253 e. The molecule has 7 heteroatoms. The first-order chi connectivity index (χ1) is 18.3. The van der Waals surface area contributed by atoms with Crippen LogP contribution in [0, 0.1) is 6.92 Å². The first-order valence-corrected chi connectivity index (χ1v) is 13.3. The molecule has 3 aromatic carbocycles. The van der Waals surface area contributed by atoms with Crippen LogP contribution in [0.1, 0.15) is 46.8 Å². The van der Waals surface area contributed by atoms with Crippen LogP contribution in [0.5, 0.6) is 0 Å². The van der Waals surface area contributed by atoms with Gasteiger partial charge < -0.3 is 15.1 Å². The monoisotopic (exact) mass is 526 g/mol. The van der Waals surface area contributed by atoms with Crippen molar-refractivity contribution in [3.05, 3.63) is 101 Å². The molecule has 1 saturated heterocycles. The standard InChI is InChI=1S/C31H34N4O2S/c1-22(2)25-11-6-24(7-12-25)8-17-29(36)33-31(38)32-27-13-15-28(16-14-27)34-18-20-35(21-19-34)30(37)26-9-4-23(3)5-10-26/h4-17,22H,18-21H2,1-3H3,(H2,32,33,36,38)/b17-8+. The average molecular weight is 527 g/mol. The zero-order valence-corrected chi connectivity index (χ0v) is 22.9. The number of carbonyl (C=O) groups is 2. The molecule has 2 N–H and O–H groups in total. The van der Waals surface area contributed by atoms with E-state index in [0.29, 0.717) is 19.0 Å². The highest BCUT2D eigenvalue weighted by molar-refractivity contribution is 7.80. The van der Waals surface area contributed by atoms with Crippen molar-refractivity contribution < 1.29 is 9.59 Å². The molecule has 0 atom stereocenters. The minimum Gasteiger partial charge on any atom is -0.368 e. The normalized spacial score (nSPS) is 13.6. The van der Waals surface area contributed by atoms with E-state index in [2.05, 4.69) is 41.5 Å². The van der Waals surface area contributed by atoms with E-state index in [0.717, 1.165) is 41.2 Å². The van der Waals surface area contributed by atoms with Gasteiger partial charge in [-0.2, -0.15) is 0 Å². The minimum atomic E-state index is -0.287. The van der Waals surface area contributed by atoms with Crippen LogP contribution in [0.25, 0.3) is 6.08 Å². The lowest BCUT2D eigenvalue weighted by atomic mass is 10.0. The van der Waals surface area contributed by atoms with Crippen molar-refractivity contribution in [2.45, 2.75) is 26.7 Å². The maximum Gasteiger partial charge on any atom is 0.253 e. The van der Waals surface area contributed by atoms with Gasteiger partial charge in [0.15, 0.2) is 5.11 Å². The number of aryl methyl sites for hydroxylation is 1. The van der Waals surface area contributed by atoms with Crippen LogP contribution < -0.4 is 15.5 Å². The van der Waals surface area contributed by atoms with Crippen molar-refractivity contribution in [2.24, 2.45) is 0 Å². The van der Waals surface area contributed by atoms with Gasteiger partial charge in [0, 0.05) is 49.2 Å². The number of carbonyl (C=O) groups excluding carboxylic acids is 2. The molecule has 1 heterocycles. The van der Waals surface area contributed by atoms with Crippen molar-refractivity contribution in [3.63, 3.8) is 0 Å². The molecule has 0 saturated carbocycles. The molecule has 0 spiro atoms. The lowest BCUT2D eigenvalue weighted by Crippen LogP contribution is -2.48. The zero-order valence-electron chi connectivity index (χ0n) is 22.1. The number of piperazine rings is 1. The summed E-state index contributed by atoms with van der Waals surface area (Å²) in [5, 5.41) is 5.99. The summed E-state index contributed by atoms with van der Waals surface area (Å²) in [6.45, 7) is 9.21. The number of hydrogen-bond acceptors (Lipinski definition) is 4. The molecule has 6 nitrogen and oxygen atoms in total. The van der Waals surface area contributed by atoms with E-state index in [9.17, 15) is 9.59 Å². The van der Waals surface area contributed by atoms with Gasteiger partial charge in [0.25, 0.3) is 5.91 Å². The number of benzene rings is 3. The van der Waals surface area contributed by atoms with E-state index in [1.807, 2.05) is 72.5 Å². The predicted octanol–water partition coefficient (Wildman–Crippen LogP) is 5.61. The van der Waals surface area contributed by atoms with E-state index in [1.165, 1.54) is 11.6 Å². The average Bonchev–Trinajstić information content (AvgIpc) is 2.92. The molecule has 1 fully saturated rings. The van der Waals surface area contributed by atoms with Crippen LogP contribution in [0.15, 0.2) is 78.9 Å². The second kappa shape index (κ2) is 12.5. The fraction of sp³-hybridized carbons (Fsp3) is 0.258. The van der Waals surface area contributed by atoms with Crippen LogP contribution in [0.3, 0.4) is 0 Å². The van der Waals surface area contributed by atoms with Crippen LogP contribution in [0.4, 0.5) is 11.4 Å². The Morgan fingerprint density at radius 3 is 2.11 bits per heavy atom. The Kier molecular flexibility index (Phi) is 8.92. The molecule has 0 unspecified atom stereocenters. The van der Waals surface area contributed by atoms with Crippen molar-refractivity contribution in [3.8, 4) is 0 Å². The van der Waals surface area contributed by atoms with Crippen LogP contribution in [-0.4, -0.2) is 48.0 Å². The summed E-state index contributed by atoms with van der Waals surface area (Å²) in [6.07, 6.45) is 3.25. The molecule has 0 radical (unpaired) electrons. The van der Waals surface area contributed by atoms with Gasteiger partial charge in [-0.3, -0.25) is 14.9 Å². The van der Waals surface area contributed by atoms with Gasteiger partial charge in [0.1, 0.15) is 0 Å². The Bertz CT molecular complexity index is 1290. The molecule has 0 aromatic heterocycles. The Hall–Kier alpha value is -3.97. The molecule has 196 valence electrons. The van der Waals surface area contributed by atoms with E-state index in [-0.39, 0.29) is 16.9 Å². The number of hydrogen-bond donors (Lipinski definition) is 2. The summed E-state index contributed by atoms with van der Waals surface area (Å²) in [7, 11) is 0. The molecule has 1 aliphatic rings. The molecular weight excluding hydrogens is 492 g/mol. The highest BCUT2D eigenvalue weighted by Crippen LogP contribution is 2.20. The lowest BCUT2D eigenvalue weighted by Gasteiger charge is -2.36. The maximum atomic E-state index is 12.8. The highest BCUT2D eigenvalue weighted by Gasteiger charge is 2.22. The van der Waals surface area contributed by atoms with Gasteiger partial charge in [0.05, 0.1) is 0 Å². The number of amides is 2. The van der Waals surface area contributed by atoms with Crippen molar-refractivity contribution >= 4 is 46.6 Å². The summed E-state index contributed by atoms with van der Waals surface area (Å²) in [5.74, 6) is 0.267. The van der Waals surface area contributed by atoms with E-state index in [4.69, 9.17) is 12.2 Å². The highest BCUT2D eigenvalue weighted by atomic mass is 32.1. The second-order valence-electron chi connectivity index (χ2n) is 9.79. The van der Waals surface area contributed by atoms with E-state index < -0.39 is 0 Å². The predicted molar refractivity (Wildman–Crippen MR) is 160 cm³/mol. The summed E-state index contributed by atoms with van der Waals surface area (Å²) < 4.78 is 0. The maximum absolute atomic E-state index is 12.8. The molecule has 4 rings (SSSR count). The number of anilines is 2. The third-order valence-electron chi connectivity index (χ3n) is 6.62. The van der Waals surface area contributed by atoms with Crippen molar-refractivity contribution in [1.82, 2.24) is 10.2 Å². The van der Waals surface area contributed by atoms with Crippen LogP contribution in [0.2, 0.25) is 0 Å². The third-order valence-corrected chi connectivity index (χ3v) is 6.83.